The average Bonchev–Trinajstić information content (AvgIpc) is 3.03. The summed E-state index contributed by atoms with van der Waals surface area (Å²) in [6.07, 6.45) is 0. The lowest BCUT2D eigenvalue weighted by Crippen LogP contribution is -2.19. The third-order valence-corrected chi connectivity index (χ3v) is 4.14. The van der Waals surface area contributed by atoms with Crippen LogP contribution in [-0.2, 0) is 9.53 Å². The molecule has 0 radical (unpaired) electrons. The van der Waals surface area contributed by atoms with Gasteiger partial charge in [0.05, 0.1) is 11.3 Å². The number of fused-ring (bicyclic) bond motifs is 1. The fraction of sp³-hybridized carbons (Fsp3) is 0.250. The third kappa shape index (κ3) is 1.70. The first-order valence-electron chi connectivity index (χ1n) is 6.94. The number of nitrogens with zero attached hydrogens (tertiary/aromatic N) is 1. The topological polar surface area (TPSA) is 67.0 Å². The highest BCUT2D eigenvalue weighted by Gasteiger charge is 2.40. The van der Waals surface area contributed by atoms with Crippen LogP contribution in [0.2, 0.25) is 0 Å². The minimum absolute atomic E-state index is 0.120. The van der Waals surface area contributed by atoms with Crippen LogP contribution < -0.4 is 5.32 Å². The van der Waals surface area contributed by atoms with Crippen LogP contribution >= 0.6 is 0 Å². The zero-order chi connectivity index (χ0) is 14.6. The molecule has 5 nitrogen and oxygen atoms in total. The van der Waals surface area contributed by atoms with E-state index in [2.05, 4.69) is 46.7 Å². The molecule has 1 atom stereocenters. The summed E-state index contributed by atoms with van der Waals surface area (Å²) in [5.74, 6) is 0.426. The van der Waals surface area contributed by atoms with Gasteiger partial charge in [-0.3, -0.25) is 5.10 Å². The Labute approximate surface area is 122 Å². The lowest BCUT2D eigenvalue weighted by molar-refractivity contribution is -0.136. The highest BCUT2D eigenvalue weighted by molar-refractivity contribution is 5.97. The number of ether oxygens (including phenoxy) is 1. The van der Waals surface area contributed by atoms with Crippen LogP contribution in [0.4, 0.5) is 5.82 Å². The maximum atomic E-state index is 12.2. The van der Waals surface area contributed by atoms with Gasteiger partial charge in [-0.2, -0.15) is 5.10 Å². The Morgan fingerprint density at radius 1 is 1.24 bits per heavy atom. The largest absolute Gasteiger partial charge is 0.456 e. The summed E-state index contributed by atoms with van der Waals surface area (Å²) in [5.41, 5.74) is 5.80. The molecule has 106 valence electrons. The summed E-state index contributed by atoms with van der Waals surface area (Å²) in [6.45, 7) is 4.32. The van der Waals surface area contributed by atoms with E-state index in [9.17, 15) is 4.79 Å². The number of esters is 1. The molecule has 1 aromatic carbocycles. The smallest absolute Gasteiger partial charge is 0.337 e. The highest BCUT2D eigenvalue weighted by Crippen LogP contribution is 2.44. The van der Waals surface area contributed by atoms with E-state index >= 15 is 0 Å². The van der Waals surface area contributed by atoms with Crippen molar-refractivity contribution < 1.29 is 9.53 Å². The quantitative estimate of drug-likeness (QED) is 0.788. The highest BCUT2D eigenvalue weighted by atomic mass is 16.5. The molecule has 0 bridgehead atoms. The minimum Gasteiger partial charge on any atom is -0.456 e. The second-order valence-corrected chi connectivity index (χ2v) is 5.55. The number of aryl methyl sites for hydroxylation is 2. The number of carbonyl (C=O) groups is 1. The molecule has 21 heavy (non-hydrogen) atoms. The molecule has 2 aliphatic heterocycles. The number of carbonyl (C=O) groups excluding carboxylic acids is 1. The van der Waals surface area contributed by atoms with Crippen LogP contribution in [0.1, 0.15) is 28.3 Å². The van der Waals surface area contributed by atoms with E-state index in [-0.39, 0.29) is 11.9 Å². The molecule has 2 N–H and O–H groups in total. The van der Waals surface area contributed by atoms with E-state index in [1.165, 1.54) is 5.56 Å². The van der Waals surface area contributed by atoms with Gasteiger partial charge < -0.3 is 10.1 Å². The zero-order valence-corrected chi connectivity index (χ0v) is 11.9. The molecule has 0 saturated carbocycles. The van der Waals surface area contributed by atoms with Crippen molar-refractivity contribution in [2.75, 3.05) is 11.9 Å². The maximum absolute atomic E-state index is 12.2. The van der Waals surface area contributed by atoms with Gasteiger partial charge in [0, 0.05) is 17.2 Å². The van der Waals surface area contributed by atoms with E-state index < -0.39 is 0 Å². The normalized spacial score (nSPS) is 19.9. The van der Waals surface area contributed by atoms with Crippen LogP contribution in [0.15, 0.2) is 35.5 Å². The molecule has 3 heterocycles. The predicted octanol–water partition coefficient (Wildman–Crippen LogP) is 2.39. The Morgan fingerprint density at radius 2 is 2.00 bits per heavy atom. The van der Waals surface area contributed by atoms with Gasteiger partial charge in [-0.15, -0.1) is 0 Å². The molecular weight excluding hydrogens is 266 g/mol. The van der Waals surface area contributed by atoms with E-state index in [1.807, 2.05) is 6.92 Å². The average molecular weight is 281 g/mol. The molecular formula is C16H15N3O2. The molecule has 1 aromatic heterocycles. The molecule has 0 unspecified atom stereocenters. The van der Waals surface area contributed by atoms with E-state index in [1.54, 1.807) is 0 Å². The Bertz CT molecular complexity index is 771. The summed E-state index contributed by atoms with van der Waals surface area (Å²) in [6, 6.07) is 8.26. The summed E-state index contributed by atoms with van der Waals surface area (Å²) in [5, 5.41) is 10.5. The molecule has 4 rings (SSSR count). The number of hydrogen-bond donors (Lipinski definition) is 2. The third-order valence-electron chi connectivity index (χ3n) is 4.14. The molecule has 0 spiro atoms. The molecule has 2 aliphatic rings. The molecule has 0 fully saturated rings. The van der Waals surface area contributed by atoms with Crippen LogP contribution in [0, 0.1) is 13.8 Å². The summed E-state index contributed by atoms with van der Waals surface area (Å²) in [7, 11) is 0. The summed E-state index contributed by atoms with van der Waals surface area (Å²) >= 11 is 0. The van der Waals surface area contributed by atoms with Gasteiger partial charge in [-0.25, -0.2) is 4.79 Å². The number of nitrogens with one attached hydrogen (secondary N) is 2. The van der Waals surface area contributed by atoms with Gasteiger partial charge in [-0.05, 0) is 19.4 Å². The van der Waals surface area contributed by atoms with Crippen molar-refractivity contribution in [2.45, 2.75) is 19.8 Å². The molecule has 0 amide bonds. The SMILES string of the molecule is Cc1ccc([C@H]2C3=C(COC3=O)Nc3n[nH]c(C)c32)cc1. The number of hydrogen-bond acceptors (Lipinski definition) is 4. The summed E-state index contributed by atoms with van der Waals surface area (Å²) in [4.78, 5) is 12.2. The van der Waals surface area contributed by atoms with Crippen molar-refractivity contribution >= 4 is 11.8 Å². The fourth-order valence-corrected chi connectivity index (χ4v) is 3.08. The molecule has 5 heteroatoms. The van der Waals surface area contributed by atoms with Crippen molar-refractivity contribution in [3.8, 4) is 0 Å². The van der Waals surface area contributed by atoms with Crippen molar-refractivity contribution in [3.05, 3.63) is 57.9 Å². The zero-order valence-electron chi connectivity index (χ0n) is 11.9. The van der Waals surface area contributed by atoms with Gasteiger partial charge in [0.15, 0.2) is 5.82 Å². The second-order valence-electron chi connectivity index (χ2n) is 5.55. The van der Waals surface area contributed by atoms with Crippen molar-refractivity contribution in [3.63, 3.8) is 0 Å². The first kappa shape index (κ1) is 12.2. The second kappa shape index (κ2) is 4.22. The minimum atomic E-state index is -0.241. The van der Waals surface area contributed by atoms with E-state index in [4.69, 9.17) is 4.74 Å². The molecule has 2 aromatic rings. The van der Waals surface area contributed by atoms with Crippen molar-refractivity contribution in [2.24, 2.45) is 0 Å². The van der Waals surface area contributed by atoms with Crippen LogP contribution in [0.25, 0.3) is 0 Å². The number of cyclic esters (lactones) is 1. The maximum Gasteiger partial charge on any atom is 0.337 e. The number of benzene rings is 1. The Hall–Kier alpha value is -2.56. The molecule has 0 saturated heterocycles. The van der Waals surface area contributed by atoms with Crippen LogP contribution in [0.5, 0.6) is 0 Å². The Kier molecular flexibility index (Phi) is 2.45. The van der Waals surface area contributed by atoms with E-state index in [0.717, 1.165) is 28.3 Å². The van der Waals surface area contributed by atoms with Crippen molar-refractivity contribution in [1.82, 2.24) is 10.2 Å². The first-order chi connectivity index (χ1) is 10.1. The number of rotatable bonds is 1. The van der Waals surface area contributed by atoms with Gasteiger partial charge in [-0.1, -0.05) is 29.8 Å². The fourth-order valence-electron chi connectivity index (χ4n) is 3.08. The monoisotopic (exact) mass is 281 g/mol. The van der Waals surface area contributed by atoms with Crippen LogP contribution in [-0.4, -0.2) is 22.8 Å². The number of aromatic amines is 1. The lowest BCUT2D eigenvalue weighted by atomic mass is 9.82. The Balaban J connectivity index is 1.94. The number of anilines is 1. The number of H-pyrrole nitrogens is 1. The lowest BCUT2D eigenvalue weighted by Gasteiger charge is -2.24. The van der Waals surface area contributed by atoms with Gasteiger partial charge in [0.2, 0.25) is 0 Å². The van der Waals surface area contributed by atoms with Gasteiger partial charge in [0.25, 0.3) is 0 Å². The Morgan fingerprint density at radius 3 is 2.76 bits per heavy atom. The molecule has 0 aliphatic carbocycles. The summed E-state index contributed by atoms with van der Waals surface area (Å²) < 4.78 is 5.20. The standard InChI is InChI=1S/C16H15N3O2/c1-8-3-5-10(6-4-8)13-12-9(2)18-19-15(12)17-11-7-21-16(20)14(11)13/h3-6,13H,7H2,1-2H3,(H2,17,18,19)/t13-/m1/s1. The van der Waals surface area contributed by atoms with Crippen LogP contribution in [0.3, 0.4) is 0 Å². The van der Waals surface area contributed by atoms with Gasteiger partial charge >= 0.3 is 5.97 Å². The van der Waals surface area contributed by atoms with Gasteiger partial charge in [0.1, 0.15) is 6.61 Å². The van der Waals surface area contributed by atoms with Crippen molar-refractivity contribution in [1.29, 1.82) is 0 Å². The number of aromatic nitrogens is 2. The first-order valence-corrected chi connectivity index (χ1v) is 6.94. The van der Waals surface area contributed by atoms with E-state index in [0.29, 0.717) is 12.2 Å². The predicted molar refractivity (Wildman–Crippen MR) is 78.0 cm³/mol.